The number of nitrogens with one attached hydrogen (secondary N) is 3. The molecule has 0 bridgehead atoms. The lowest BCUT2D eigenvalue weighted by Crippen LogP contribution is -2.35. The number of hydrazine groups is 1. The van der Waals surface area contributed by atoms with Gasteiger partial charge in [-0.15, -0.1) is 0 Å². The number of amides is 2. The van der Waals surface area contributed by atoms with E-state index in [1.807, 2.05) is 30.3 Å². The Hall–Kier alpha value is -1.55. The smallest absolute Gasteiger partial charge is 0.320 e. The number of benzene rings is 1. The van der Waals surface area contributed by atoms with Crippen LogP contribution in [0, 0.1) is 0 Å². The first kappa shape index (κ1) is 8.07. The summed E-state index contributed by atoms with van der Waals surface area (Å²) in [5, 5.41) is 2.74. The standard InChI is InChI=1S/C9H11N3O/c13-9-10-8(11-12-9)6-7-4-2-1-3-5-7/h1-5,8,11H,6H2,(H2,10,12,13). The minimum atomic E-state index is -0.166. The van der Waals surface area contributed by atoms with E-state index in [9.17, 15) is 4.79 Å². The first-order valence-corrected chi connectivity index (χ1v) is 4.20. The molecular formula is C9H11N3O. The van der Waals surface area contributed by atoms with E-state index in [0.29, 0.717) is 0 Å². The van der Waals surface area contributed by atoms with Crippen LogP contribution in [0.25, 0.3) is 0 Å². The summed E-state index contributed by atoms with van der Waals surface area (Å²) < 4.78 is 0. The Morgan fingerprint density at radius 3 is 2.62 bits per heavy atom. The Morgan fingerprint density at radius 2 is 2.00 bits per heavy atom. The van der Waals surface area contributed by atoms with Gasteiger partial charge in [-0.1, -0.05) is 30.3 Å². The second-order valence-corrected chi connectivity index (χ2v) is 2.99. The summed E-state index contributed by atoms with van der Waals surface area (Å²) in [5.41, 5.74) is 6.53. The molecule has 68 valence electrons. The van der Waals surface area contributed by atoms with Gasteiger partial charge in [0.1, 0.15) is 6.17 Å². The van der Waals surface area contributed by atoms with Crippen LogP contribution in [0.3, 0.4) is 0 Å². The normalized spacial score (nSPS) is 20.9. The third kappa shape index (κ3) is 1.97. The fourth-order valence-corrected chi connectivity index (χ4v) is 1.33. The van der Waals surface area contributed by atoms with Gasteiger partial charge in [0.05, 0.1) is 0 Å². The first-order valence-electron chi connectivity index (χ1n) is 4.20. The highest BCUT2D eigenvalue weighted by atomic mass is 16.2. The monoisotopic (exact) mass is 177 g/mol. The van der Waals surface area contributed by atoms with Crippen LogP contribution in [0.4, 0.5) is 4.79 Å². The largest absolute Gasteiger partial charge is 0.330 e. The van der Waals surface area contributed by atoms with E-state index < -0.39 is 0 Å². The minimum absolute atomic E-state index is 0.00472. The van der Waals surface area contributed by atoms with Crippen molar-refractivity contribution in [3.05, 3.63) is 35.9 Å². The lowest BCUT2D eigenvalue weighted by molar-refractivity contribution is 0.247. The zero-order valence-electron chi connectivity index (χ0n) is 7.08. The number of carbonyl (C=O) groups is 1. The van der Waals surface area contributed by atoms with Crippen molar-refractivity contribution < 1.29 is 4.79 Å². The molecule has 1 aromatic carbocycles. The molecule has 13 heavy (non-hydrogen) atoms. The van der Waals surface area contributed by atoms with Gasteiger partial charge in [-0.25, -0.2) is 10.2 Å². The highest BCUT2D eigenvalue weighted by Crippen LogP contribution is 2.02. The van der Waals surface area contributed by atoms with Crippen LogP contribution in [0.5, 0.6) is 0 Å². The van der Waals surface area contributed by atoms with Crippen LogP contribution < -0.4 is 16.2 Å². The molecule has 1 fully saturated rings. The first-order chi connectivity index (χ1) is 6.34. The number of rotatable bonds is 2. The summed E-state index contributed by atoms with van der Waals surface area (Å²) in [7, 11) is 0. The molecule has 1 aliphatic heterocycles. The fourth-order valence-electron chi connectivity index (χ4n) is 1.33. The van der Waals surface area contributed by atoms with Gasteiger partial charge in [0.2, 0.25) is 0 Å². The summed E-state index contributed by atoms with van der Waals surface area (Å²) in [5.74, 6) is 0. The number of hydrogen-bond donors (Lipinski definition) is 3. The van der Waals surface area contributed by atoms with E-state index in [-0.39, 0.29) is 12.2 Å². The van der Waals surface area contributed by atoms with E-state index in [1.165, 1.54) is 5.56 Å². The van der Waals surface area contributed by atoms with Crippen molar-refractivity contribution in [1.29, 1.82) is 0 Å². The maximum absolute atomic E-state index is 10.8. The molecule has 1 saturated heterocycles. The Balaban J connectivity index is 1.96. The van der Waals surface area contributed by atoms with Gasteiger partial charge in [0.15, 0.2) is 0 Å². The summed E-state index contributed by atoms with van der Waals surface area (Å²) >= 11 is 0. The van der Waals surface area contributed by atoms with E-state index in [0.717, 1.165) is 6.42 Å². The van der Waals surface area contributed by atoms with Gasteiger partial charge in [-0.2, -0.15) is 0 Å². The number of carbonyl (C=O) groups excluding carboxylic acids is 1. The summed E-state index contributed by atoms with van der Waals surface area (Å²) in [6, 6.07) is 9.85. The van der Waals surface area contributed by atoms with Gasteiger partial charge in [0.25, 0.3) is 0 Å². The predicted octanol–water partition coefficient (Wildman–Crippen LogP) is 0.373. The molecule has 0 spiro atoms. The van der Waals surface area contributed by atoms with E-state index >= 15 is 0 Å². The second-order valence-electron chi connectivity index (χ2n) is 2.99. The zero-order valence-corrected chi connectivity index (χ0v) is 7.08. The Kier molecular flexibility index (Phi) is 2.14. The van der Waals surface area contributed by atoms with Gasteiger partial charge in [-0.05, 0) is 5.56 Å². The van der Waals surface area contributed by atoms with E-state index in [2.05, 4.69) is 16.2 Å². The van der Waals surface area contributed by atoms with Crippen molar-refractivity contribution in [2.24, 2.45) is 0 Å². The number of urea groups is 1. The molecule has 1 atom stereocenters. The topological polar surface area (TPSA) is 53.2 Å². The van der Waals surface area contributed by atoms with Gasteiger partial charge < -0.3 is 5.32 Å². The van der Waals surface area contributed by atoms with E-state index in [1.54, 1.807) is 0 Å². The van der Waals surface area contributed by atoms with Crippen molar-refractivity contribution in [2.75, 3.05) is 0 Å². The van der Waals surface area contributed by atoms with Crippen molar-refractivity contribution >= 4 is 6.03 Å². The molecule has 1 aromatic rings. The van der Waals surface area contributed by atoms with Gasteiger partial charge in [0, 0.05) is 6.42 Å². The molecule has 0 radical (unpaired) electrons. The van der Waals surface area contributed by atoms with Crippen LogP contribution >= 0.6 is 0 Å². The van der Waals surface area contributed by atoms with Crippen LogP contribution in [-0.4, -0.2) is 12.2 Å². The summed E-state index contributed by atoms with van der Waals surface area (Å²) in [4.78, 5) is 10.8. The van der Waals surface area contributed by atoms with Crippen LogP contribution in [0.1, 0.15) is 5.56 Å². The maximum Gasteiger partial charge on any atom is 0.330 e. The van der Waals surface area contributed by atoms with Crippen molar-refractivity contribution in [1.82, 2.24) is 16.2 Å². The number of hydrogen-bond acceptors (Lipinski definition) is 2. The minimum Gasteiger partial charge on any atom is -0.320 e. The summed E-state index contributed by atoms with van der Waals surface area (Å²) in [6.07, 6.45) is 0.787. The van der Waals surface area contributed by atoms with Crippen LogP contribution in [-0.2, 0) is 6.42 Å². The average molecular weight is 177 g/mol. The molecule has 1 unspecified atom stereocenters. The van der Waals surface area contributed by atoms with E-state index in [4.69, 9.17) is 0 Å². The quantitative estimate of drug-likeness (QED) is 0.611. The molecule has 3 N–H and O–H groups in total. The molecule has 4 heteroatoms. The lowest BCUT2D eigenvalue weighted by atomic mass is 10.1. The van der Waals surface area contributed by atoms with Gasteiger partial charge in [-0.3, -0.25) is 5.43 Å². The molecule has 1 heterocycles. The highest BCUT2D eigenvalue weighted by Gasteiger charge is 2.18. The SMILES string of the molecule is O=C1NNC(Cc2ccccc2)N1. The van der Waals surface area contributed by atoms with Crippen molar-refractivity contribution in [3.63, 3.8) is 0 Å². The Bertz CT molecular complexity index is 299. The van der Waals surface area contributed by atoms with Crippen molar-refractivity contribution in [2.45, 2.75) is 12.6 Å². The molecule has 1 aliphatic rings. The van der Waals surface area contributed by atoms with Crippen LogP contribution in [0.15, 0.2) is 30.3 Å². The predicted molar refractivity (Wildman–Crippen MR) is 48.7 cm³/mol. The third-order valence-corrected chi connectivity index (χ3v) is 1.95. The highest BCUT2D eigenvalue weighted by molar-refractivity contribution is 5.75. The van der Waals surface area contributed by atoms with Crippen LogP contribution in [0.2, 0.25) is 0 Å². The molecule has 2 amide bonds. The molecule has 4 nitrogen and oxygen atoms in total. The molecule has 0 aliphatic carbocycles. The zero-order chi connectivity index (χ0) is 9.10. The molecular weight excluding hydrogens is 166 g/mol. The molecule has 0 saturated carbocycles. The fraction of sp³-hybridized carbons (Fsp3) is 0.222. The summed E-state index contributed by atoms with van der Waals surface area (Å²) in [6.45, 7) is 0. The Labute approximate surface area is 76.3 Å². The maximum atomic E-state index is 10.8. The Morgan fingerprint density at radius 1 is 1.23 bits per heavy atom. The second kappa shape index (κ2) is 3.45. The third-order valence-electron chi connectivity index (χ3n) is 1.95. The lowest BCUT2D eigenvalue weighted by Gasteiger charge is -2.08. The molecule has 0 aromatic heterocycles. The molecule has 2 rings (SSSR count). The van der Waals surface area contributed by atoms with Crippen molar-refractivity contribution in [3.8, 4) is 0 Å². The average Bonchev–Trinajstić information content (AvgIpc) is 2.53. The van der Waals surface area contributed by atoms with Gasteiger partial charge >= 0.3 is 6.03 Å².